The van der Waals surface area contributed by atoms with Crippen molar-refractivity contribution in [3.8, 4) is 0 Å². The Bertz CT molecular complexity index is 643. The molecular weight excluding hydrogens is 556 g/mol. The largest absolute Gasteiger partial charge is 0.465 e. The standard InChI is InChI=1S/C41H78O4/c1-4-6-8-10-12-14-16-18-20-22-24-26-28-30-32-34-36-44-40(42)38-39(3)41(43)45-37-35-33-31-29-27-25-23-21-19-17-15-13-11-9-7-5-2/h3-38H2,1-2H3. The molecular formula is C41H78O4. The Labute approximate surface area is 281 Å². The van der Waals surface area contributed by atoms with Gasteiger partial charge in [0.05, 0.1) is 19.6 Å². The monoisotopic (exact) mass is 635 g/mol. The molecule has 4 heteroatoms. The highest BCUT2D eigenvalue weighted by molar-refractivity contribution is 5.93. The summed E-state index contributed by atoms with van der Waals surface area (Å²) in [5.74, 6) is -0.837. The Kier molecular flexibility index (Phi) is 36.1. The summed E-state index contributed by atoms with van der Waals surface area (Å²) >= 11 is 0. The van der Waals surface area contributed by atoms with Crippen LogP contribution in [0.25, 0.3) is 0 Å². The van der Waals surface area contributed by atoms with Gasteiger partial charge in [0.25, 0.3) is 0 Å². The SMILES string of the molecule is C=C(CC(=O)OCCCCCCCCCCCCCCCCCC)C(=O)OCCCCCCCCCCCCCCCCCC. The third-order valence-corrected chi connectivity index (χ3v) is 9.14. The summed E-state index contributed by atoms with van der Waals surface area (Å²) < 4.78 is 10.6. The van der Waals surface area contributed by atoms with E-state index >= 15 is 0 Å². The highest BCUT2D eigenvalue weighted by Crippen LogP contribution is 2.15. The van der Waals surface area contributed by atoms with Crippen molar-refractivity contribution in [2.75, 3.05) is 13.2 Å². The predicted molar refractivity (Wildman–Crippen MR) is 195 cm³/mol. The van der Waals surface area contributed by atoms with Gasteiger partial charge in [0, 0.05) is 5.57 Å². The topological polar surface area (TPSA) is 52.6 Å². The first-order valence-electron chi connectivity index (χ1n) is 20.1. The molecule has 0 rings (SSSR count). The number of hydrogen-bond donors (Lipinski definition) is 0. The van der Waals surface area contributed by atoms with Crippen molar-refractivity contribution in [2.24, 2.45) is 0 Å². The molecule has 0 atom stereocenters. The number of carbonyl (C=O) groups is 2. The van der Waals surface area contributed by atoms with E-state index in [9.17, 15) is 9.59 Å². The molecule has 0 aliphatic rings. The quantitative estimate of drug-likeness (QED) is 0.0387. The van der Waals surface area contributed by atoms with E-state index in [-0.39, 0.29) is 18.0 Å². The fourth-order valence-corrected chi connectivity index (χ4v) is 6.05. The number of esters is 2. The van der Waals surface area contributed by atoms with Gasteiger partial charge in [-0.25, -0.2) is 4.79 Å². The highest BCUT2D eigenvalue weighted by Gasteiger charge is 2.14. The van der Waals surface area contributed by atoms with E-state index in [2.05, 4.69) is 20.4 Å². The summed E-state index contributed by atoms with van der Waals surface area (Å²) in [7, 11) is 0. The molecule has 0 aliphatic carbocycles. The van der Waals surface area contributed by atoms with Gasteiger partial charge in [0.2, 0.25) is 0 Å². The summed E-state index contributed by atoms with van der Waals surface area (Å²) in [6.45, 7) is 9.14. The van der Waals surface area contributed by atoms with E-state index in [1.807, 2.05) is 0 Å². The number of carbonyl (C=O) groups excluding carboxylic acids is 2. The lowest BCUT2D eigenvalue weighted by molar-refractivity contribution is -0.146. The third-order valence-electron chi connectivity index (χ3n) is 9.14. The van der Waals surface area contributed by atoms with Gasteiger partial charge in [0.1, 0.15) is 0 Å². The van der Waals surface area contributed by atoms with E-state index in [4.69, 9.17) is 9.47 Å². The van der Waals surface area contributed by atoms with Gasteiger partial charge in [-0.1, -0.05) is 213 Å². The van der Waals surface area contributed by atoms with Crippen molar-refractivity contribution in [3.05, 3.63) is 12.2 Å². The van der Waals surface area contributed by atoms with Crippen molar-refractivity contribution in [1.82, 2.24) is 0 Å². The summed E-state index contributed by atoms with van der Waals surface area (Å²) in [4.78, 5) is 24.2. The normalized spacial score (nSPS) is 11.2. The molecule has 0 heterocycles. The molecule has 0 spiro atoms. The van der Waals surface area contributed by atoms with E-state index in [0.29, 0.717) is 13.2 Å². The zero-order valence-corrected chi connectivity index (χ0v) is 30.6. The van der Waals surface area contributed by atoms with Gasteiger partial charge in [0.15, 0.2) is 0 Å². The Morgan fingerprint density at radius 2 is 0.622 bits per heavy atom. The van der Waals surface area contributed by atoms with Gasteiger partial charge >= 0.3 is 11.9 Å². The predicted octanol–water partition coefficient (Wildman–Crippen LogP) is 13.5. The van der Waals surface area contributed by atoms with E-state index in [0.717, 1.165) is 25.7 Å². The molecule has 4 nitrogen and oxygen atoms in total. The van der Waals surface area contributed by atoms with Crippen LogP contribution in [-0.4, -0.2) is 25.2 Å². The molecule has 0 aromatic heterocycles. The fraction of sp³-hybridized carbons (Fsp3) is 0.902. The molecule has 266 valence electrons. The number of hydrogen-bond acceptors (Lipinski definition) is 4. The summed E-state index contributed by atoms with van der Waals surface area (Å²) in [6, 6.07) is 0. The Hall–Kier alpha value is -1.32. The van der Waals surface area contributed by atoms with Gasteiger partial charge in [-0.15, -0.1) is 0 Å². The molecule has 0 unspecified atom stereocenters. The van der Waals surface area contributed by atoms with Crippen LogP contribution in [0.4, 0.5) is 0 Å². The smallest absolute Gasteiger partial charge is 0.333 e. The first-order valence-corrected chi connectivity index (χ1v) is 20.1. The lowest BCUT2D eigenvalue weighted by atomic mass is 10.0. The van der Waals surface area contributed by atoms with Crippen LogP contribution in [0.5, 0.6) is 0 Å². The molecule has 0 fully saturated rings. The second-order valence-electron chi connectivity index (χ2n) is 13.7. The lowest BCUT2D eigenvalue weighted by Crippen LogP contribution is -2.14. The summed E-state index contributed by atoms with van der Waals surface area (Å²) in [6.07, 6.45) is 42.2. The number of ether oxygens (including phenoxy) is 2. The highest BCUT2D eigenvalue weighted by atomic mass is 16.5. The van der Waals surface area contributed by atoms with Crippen molar-refractivity contribution in [1.29, 1.82) is 0 Å². The molecule has 0 saturated heterocycles. The van der Waals surface area contributed by atoms with Crippen LogP contribution in [-0.2, 0) is 19.1 Å². The van der Waals surface area contributed by atoms with Crippen LogP contribution in [0.2, 0.25) is 0 Å². The fourth-order valence-electron chi connectivity index (χ4n) is 6.05. The molecule has 0 aliphatic heterocycles. The molecule has 0 amide bonds. The second kappa shape index (κ2) is 37.1. The van der Waals surface area contributed by atoms with Gasteiger partial charge in [-0.3, -0.25) is 4.79 Å². The molecule has 0 bridgehead atoms. The van der Waals surface area contributed by atoms with Crippen molar-refractivity contribution in [3.63, 3.8) is 0 Å². The number of unbranched alkanes of at least 4 members (excludes halogenated alkanes) is 30. The van der Waals surface area contributed by atoms with Crippen LogP contribution >= 0.6 is 0 Å². The molecule has 0 N–H and O–H groups in total. The van der Waals surface area contributed by atoms with Crippen LogP contribution in [0.1, 0.15) is 226 Å². The van der Waals surface area contributed by atoms with E-state index in [1.54, 1.807) is 0 Å². The first kappa shape index (κ1) is 43.7. The van der Waals surface area contributed by atoms with Gasteiger partial charge in [-0.2, -0.15) is 0 Å². The maximum atomic E-state index is 12.1. The van der Waals surface area contributed by atoms with Crippen LogP contribution in [0.3, 0.4) is 0 Å². The average molecular weight is 635 g/mol. The molecule has 0 saturated carbocycles. The minimum atomic E-state index is -0.463. The van der Waals surface area contributed by atoms with Crippen molar-refractivity contribution < 1.29 is 19.1 Å². The number of rotatable bonds is 37. The summed E-state index contributed by atoms with van der Waals surface area (Å²) in [5, 5.41) is 0. The van der Waals surface area contributed by atoms with Crippen molar-refractivity contribution in [2.45, 2.75) is 226 Å². The summed E-state index contributed by atoms with van der Waals surface area (Å²) in [5.41, 5.74) is 0.198. The molecule has 45 heavy (non-hydrogen) atoms. The second-order valence-corrected chi connectivity index (χ2v) is 13.7. The molecule has 0 aromatic carbocycles. The van der Waals surface area contributed by atoms with Crippen LogP contribution < -0.4 is 0 Å². The van der Waals surface area contributed by atoms with E-state index < -0.39 is 5.97 Å². The Morgan fingerprint density at radius 3 is 0.911 bits per heavy atom. The maximum Gasteiger partial charge on any atom is 0.333 e. The lowest BCUT2D eigenvalue weighted by Gasteiger charge is -2.08. The Balaban J connectivity index is 3.38. The molecule has 0 aromatic rings. The minimum absolute atomic E-state index is 0.0728. The zero-order valence-electron chi connectivity index (χ0n) is 30.6. The van der Waals surface area contributed by atoms with Gasteiger partial charge in [-0.05, 0) is 12.8 Å². The Morgan fingerprint density at radius 1 is 0.378 bits per heavy atom. The third kappa shape index (κ3) is 35.4. The first-order chi connectivity index (χ1) is 22.1. The maximum absolute atomic E-state index is 12.1. The minimum Gasteiger partial charge on any atom is -0.465 e. The van der Waals surface area contributed by atoms with Gasteiger partial charge < -0.3 is 9.47 Å². The van der Waals surface area contributed by atoms with Crippen LogP contribution in [0, 0.1) is 0 Å². The zero-order chi connectivity index (χ0) is 32.9. The van der Waals surface area contributed by atoms with Crippen molar-refractivity contribution >= 4 is 11.9 Å². The average Bonchev–Trinajstić information content (AvgIpc) is 3.03. The van der Waals surface area contributed by atoms with E-state index in [1.165, 1.54) is 180 Å². The van der Waals surface area contributed by atoms with Crippen LogP contribution in [0.15, 0.2) is 12.2 Å². The molecule has 0 radical (unpaired) electrons.